The maximum Gasteiger partial charge on any atom is 0.233 e. The van der Waals surface area contributed by atoms with Crippen molar-refractivity contribution >= 4 is 30.7 Å². The molecule has 21 heavy (non-hydrogen) atoms. The molecular formula is C15H25Cl2N3O. The Balaban J connectivity index is 0.00000200. The number of amides is 1. The fraction of sp³-hybridized carbons (Fsp3) is 0.533. The van der Waals surface area contributed by atoms with Crippen molar-refractivity contribution in [3.63, 3.8) is 0 Å². The number of nitrogens with two attached hydrogens (primary N) is 1. The van der Waals surface area contributed by atoms with Crippen molar-refractivity contribution in [3.05, 3.63) is 35.4 Å². The van der Waals surface area contributed by atoms with Crippen LogP contribution in [-0.2, 0) is 17.8 Å². The quantitative estimate of drug-likeness (QED) is 0.882. The first-order chi connectivity index (χ1) is 9.03. The summed E-state index contributed by atoms with van der Waals surface area (Å²) in [6, 6.07) is 8.58. The highest BCUT2D eigenvalue weighted by atomic mass is 35.5. The van der Waals surface area contributed by atoms with Crippen LogP contribution >= 0.6 is 24.8 Å². The van der Waals surface area contributed by atoms with E-state index in [1.807, 2.05) is 0 Å². The van der Waals surface area contributed by atoms with Crippen molar-refractivity contribution in [2.45, 2.75) is 32.4 Å². The third-order valence-corrected chi connectivity index (χ3v) is 3.89. The summed E-state index contributed by atoms with van der Waals surface area (Å²) >= 11 is 0. The van der Waals surface area contributed by atoms with E-state index in [0.29, 0.717) is 6.54 Å². The Hall–Kier alpha value is -0.810. The highest BCUT2D eigenvalue weighted by molar-refractivity contribution is 5.85. The number of nitrogens with one attached hydrogen (secondary N) is 1. The van der Waals surface area contributed by atoms with E-state index in [9.17, 15) is 4.79 Å². The maximum atomic E-state index is 11.3. The standard InChI is InChI=1S/C15H23N3O.2ClH/c1-15(2,11-17-14(19)9-16)18-8-7-12-5-3-4-6-13(12)10-18;;/h3-6H,7-11,16H2,1-2H3,(H,17,19);2*1H. The second kappa shape index (κ2) is 8.59. The molecule has 6 heteroatoms. The number of rotatable bonds is 4. The van der Waals surface area contributed by atoms with Gasteiger partial charge in [0.1, 0.15) is 0 Å². The number of benzene rings is 1. The van der Waals surface area contributed by atoms with E-state index in [4.69, 9.17) is 5.73 Å². The molecule has 0 saturated carbocycles. The van der Waals surface area contributed by atoms with E-state index >= 15 is 0 Å². The molecule has 0 fully saturated rings. The lowest BCUT2D eigenvalue weighted by Crippen LogP contribution is -2.53. The second-order valence-electron chi connectivity index (χ2n) is 5.73. The van der Waals surface area contributed by atoms with Gasteiger partial charge in [-0.1, -0.05) is 24.3 Å². The molecule has 1 aliphatic heterocycles. The zero-order valence-corrected chi connectivity index (χ0v) is 14.2. The van der Waals surface area contributed by atoms with E-state index < -0.39 is 0 Å². The van der Waals surface area contributed by atoms with Crippen molar-refractivity contribution in [2.24, 2.45) is 5.73 Å². The van der Waals surface area contributed by atoms with Gasteiger partial charge in [0.15, 0.2) is 0 Å². The van der Waals surface area contributed by atoms with Crippen LogP contribution in [0.5, 0.6) is 0 Å². The lowest BCUT2D eigenvalue weighted by molar-refractivity contribution is -0.120. The molecule has 0 spiro atoms. The van der Waals surface area contributed by atoms with Crippen LogP contribution in [-0.4, -0.2) is 36.0 Å². The highest BCUT2D eigenvalue weighted by Crippen LogP contribution is 2.24. The summed E-state index contributed by atoms with van der Waals surface area (Å²) in [4.78, 5) is 13.7. The van der Waals surface area contributed by atoms with Crippen LogP contribution in [0.15, 0.2) is 24.3 Å². The van der Waals surface area contributed by atoms with Gasteiger partial charge >= 0.3 is 0 Å². The summed E-state index contributed by atoms with van der Waals surface area (Å²) < 4.78 is 0. The van der Waals surface area contributed by atoms with Crippen molar-refractivity contribution in [1.82, 2.24) is 10.2 Å². The molecule has 0 aliphatic carbocycles. The fourth-order valence-corrected chi connectivity index (χ4v) is 2.51. The van der Waals surface area contributed by atoms with Crippen LogP contribution in [0.4, 0.5) is 0 Å². The predicted molar refractivity (Wildman–Crippen MR) is 91.2 cm³/mol. The van der Waals surface area contributed by atoms with Gasteiger partial charge in [0.05, 0.1) is 6.54 Å². The average Bonchev–Trinajstić information content (AvgIpc) is 2.44. The molecule has 1 heterocycles. The summed E-state index contributed by atoms with van der Waals surface area (Å²) in [6.07, 6.45) is 1.07. The first kappa shape index (κ1) is 20.2. The molecule has 0 unspecified atom stereocenters. The Kier molecular flexibility index (Phi) is 8.26. The molecule has 0 saturated heterocycles. The van der Waals surface area contributed by atoms with Crippen LogP contribution in [0.2, 0.25) is 0 Å². The fourth-order valence-electron chi connectivity index (χ4n) is 2.51. The topological polar surface area (TPSA) is 58.4 Å². The Labute approximate surface area is 139 Å². The van der Waals surface area contributed by atoms with Crippen molar-refractivity contribution in [3.8, 4) is 0 Å². The maximum absolute atomic E-state index is 11.3. The Bertz CT molecular complexity index is 466. The smallest absolute Gasteiger partial charge is 0.233 e. The molecule has 0 radical (unpaired) electrons. The molecular weight excluding hydrogens is 309 g/mol. The first-order valence-electron chi connectivity index (χ1n) is 6.81. The van der Waals surface area contributed by atoms with E-state index in [0.717, 1.165) is 19.5 Å². The zero-order chi connectivity index (χ0) is 13.9. The molecule has 1 aromatic rings. The first-order valence-corrected chi connectivity index (χ1v) is 6.81. The third kappa shape index (κ3) is 5.15. The number of hydrogen-bond donors (Lipinski definition) is 2. The lowest BCUT2D eigenvalue weighted by Gasteiger charge is -2.41. The molecule has 0 bridgehead atoms. The van der Waals surface area contributed by atoms with Crippen molar-refractivity contribution in [2.75, 3.05) is 19.6 Å². The molecule has 4 nitrogen and oxygen atoms in total. The number of carbonyl (C=O) groups excluding carboxylic acids is 1. The number of hydrogen-bond acceptors (Lipinski definition) is 3. The van der Waals surface area contributed by atoms with E-state index in [2.05, 4.69) is 48.3 Å². The normalized spacial score (nSPS) is 14.4. The molecule has 1 amide bonds. The van der Waals surface area contributed by atoms with Crippen LogP contribution in [0.1, 0.15) is 25.0 Å². The number of nitrogens with zero attached hydrogens (tertiary/aromatic N) is 1. The van der Waals surface area contributed by atoms with Gasteiger partial charge in [-0.05, 0) is 31.4 Å². The molecule has 2 rings (SSSR count). The minimum atomic E-state index is -0.0921. The van der Waals surface area contributed by atoms with Gasteiger partial charge in [0.25, 0.3) is 0 Å². The minimum Gasteiger partial charge on any atom is -0.353 e. The van der Waals surface area contributed by atoms with Crippen LogP contribution < -0.4 is 11.1 Å². The van der Waals surface area contributed by atoms with Gasteiger partial charge in [0.2, 0.25) is 5.91 Å². The molecule has 120 valence electrons. The van der Waals surface area contributed by atoms with E-state index in [-0.39, 0.29) is 42.8 Å². The monoisotopic (exact) mass is 333 g/mol. The zero-order valence-electron chi connectivity index (χ0n) is 12.6. The number of fused-ring (bicyclic) bond motifs is 1. The van der Waals surface area contributed by atoms with Gasteiger partial charge < -0.3 is 11.1 Å². The van der Waals surface area contributed by atoms with Gasteiger partial charge in [-0.3, -0.25) is 9.69 Å². The second-order valence-corrected chi connectivity index (χ2v) is 5.73. The average molecular weight is 334 g/mol. The summed E-state index contributed by atoms with van der Waals surface area (Å²) in [5, 5.41) is 2.89. The summed E-state index contributed by atoms with van der Waals surface area (Å²) in [5.41, 5.74) is 8.10. The highest BCUT2D eigenvalue weighted by Gasteiger charge is 2.29. The summed E-state index contributed by atoms with van der Waals surface area (Å²) in [7, 11) is 0. The minimum absolute atomic E-state index is 0. The van der Waals surface area contributed by atoms with Crippen LogP contribution in [0, 0.1) is 0 Å². The van der Waals surface area contributed by atoms with Crippen LogP contribution in [0.25, 0.3) is 0 Å². The van der Waals surface area contributed by atoms with Gasteiger partial charge in [-0.2, -0.15) is 0 Å². The summed E-state index contributed by atoms with van der Waals surface area (Å²) in [6.45, 7) is 6.99. The van der Waals surface area contributed by atoms with E-state index in [1.54, 1.807) is 0 Å². The van der Waals surface area contributed by atoms with Gasteiger partial charge in [-0.25, -0.2) is 0 Å². The third-order valence-electron chi connectivity index (χ3n) is 3.89. The van der Waals surface area contributed by atoms with Crippen molar-refractivity contribution in [1.29, 1.82) is 0 Å². The van der Waals surface area contributed by atoms with E-state index in [1.165, 1.54) is 11.1 Å². The van der Waals surface area contributed by atoms with Crippen molar-refractivity contribution < 1.29 is 4.79 Å². The predicted octanol–water partition coefficient (Wildman–Crippen LogP) is 1.74. The Morgan fingerprint density at radius 1 is 1.29 bits per heavy atom. The van der Waals surface area contributed by atoms with Crippen LogP contribution in [0.3, 0.4) is 0 Å². The summed E-state index contributed by atoms with van der Waals surface area (Å²) in [5.74, 6) is -0.0921. The molecule has 1 aliphatic rings. The molecule has 0 atom stereocenters. The molecule has 0 aromatic heterocycles. The largest absolute Gasteiger partial charge is 0.353 e. The Morgan fingerprint density at radius 3 is 2.52 bits per heavy atom. The SMILES string of the molecule is CC(C)(CNC(=O)CN)N1CCc2ccccc2C1.Cl.Cl. The number of carbonyl (C=O) groups is 1. The molecule has 1 aromatic carbocycles. The molecule has 3 N–H and O–H groups in total. The number of halogens is 2. The Morgan fingerprint density at radius 2 is 1.90 bits per heavy atom. The van der Waals surface area contributed by atoms with Gasteiger partial charge in [0, 0.05) is 25.2 Å². The van der Waals surface area contributed by atoms with Gasteiger partial charge in [-0.15, -0.1) is 24.8 Å². The lowest BCUT2D eigenvalue weighted by atomic mass is 9.94.